The molecule has 0 aliphatic carbocycles. The molecule has 0 aliphatic heterocycles. The van der Waals surface area contributed by atoms with Gasteiger partial charge in [-0.2, -0.15) is 0 Å². The van der Waals surface area contributed by atoms with Gasteiger partial charge in [-0.05, 0) is 24.3 Å². The van der Waals surface area contributed by atoms with Gasteiger partial charge in [0, 0.05) is 17.8 Å². The molecule has 0 aliphatic rings. The Labute approximate surface area is 171 Å². The van der Waals surface area contributed by atoms with Gasteiger partial charge in [-0.3, -0.25) is 25.0 Å². The van der Waals surface area contributed by atoms with Crippen LogP contribution in [-0.4, -0.2) is 42.7 Å². The summed E-state index contributed by atoms with van der Waals surface area (Å²) in [4.78, 5) is 29.1. The highest BCUT2D eigenvalue weighted by molar-refractivity contribution is 6.00. The summed E-state index contributed by atoms with van der Waals surface area (Å²) in [6.07, 6.45) is 2.73. The summed E-state index contributed by atoms with van der Waals surface area (Å²) in [5, 5.41) is 0. The number of methoxy groups -OCH3 is 3. The van der Waals surface area contributed by atoms with Crippen molar-refractivity contribution in [1.29, 1.82) is 0 Å². The summed E-state index contributed by atoms with van der Waals surface area (Å²) in [5.41, 5.74) is 5.45. The van der Waals surface area contributed by atoms with Crippen molar-refractivity contribution in [1.82, 2.24) is 20.4 Å². The number of hydrazine groups is 1. The molecule has 30 heavy (non-hydrogen) atoms. The lowest BCUT2D eigenvalue weighted by Gasteiger charge is -2.14. The largest absolute Gasteiger partial charge is 0.496 e. The number of ether oxygens (including phenoxy) is 3. The fourth-order valence-corrected chi connectivity index (χ4v) is 2.72. The third-order valence-corrected chi connectivity index (χ3v) is 4.22. The molecule has 1 aromatic heterocycles. The minimum atomic E-state index is -0.631. The Bertz CT molecular complexity index is 1070. The highest BCUT2D eigenvalue weighted by atomic mass is 19.1. The predicted molar refractivity (Wildman–Crippen MR) is 105 cm³/mol. The van der Waals surface area contributed by atoms with Crippen LogP contribution in [0.2, 0.25) is 0 Å². The first kappa shape index (κ1) is 20.6. The molecule has 0 atom stereocenters. The highest BCUT2D eigenvalue weighted by Crippen LogP contribution is 2.34. The Morgan fingerprint density at radius 3 is 2.13 bits per heavy atom. The quantitative estimate of drug-likeness (QED) is 0.599. The zero-order valence-electron chi connectivity index (χ0n) is 16.4. The maximum atomic E-state index is 13.1. The molecule has 0 radical (unpaired) electrons. The van der Waals surface area contributed by atoms with Gasteiger partial charge in [0.05, 0.1) is 39.4 Å². The smallest absolute Gasteiger partial charge is 0.288 e. The second kappa shape index (κ2) is 8.95. The maximum Gasteiger partial charge on any atom is 0.288 e. The normalized spacial score (nSPS) is 10.3. The number of rotatable bonds is 6. The molecule has 1 heterocycles. The Balaban J connectivity index is 1.77. The molecule has 0 bridgehead atoms. The molecule has 2 amide bonds. The van der Waals surface area contributed by atoms with Gasteiger partial charge in [0.2, 0.25) is 0 Å². The first-order valence-corrected chi connectivity index (χ1v) is 8.67. The van der Waals surface area contributed by atoms with Gasteiger partial charge >= 0.3 is 0 Å². The number of nitrogens with zero attached hydrogens (tertiary/aromatic N) is 2. The molecule has 0 spiro atoms. The molecule has 2 aromatic carbocycles. The number of amides is 2. The van der Waals surface area contributed by atoms with Crippen molar-refractivity contribution >= 4 is 11.8 Å². The Morgan fingerprint density at radius 1 is 0.900 bits per heavy atom. The zero-order chi connectivity index (χ0) is 21.7. The van der Waals surface area contributed by atoms with E-state index in [1.54, 1.807) is 0 Å². The summed E-state index contributed by atoms with van der Waals surface area (Å²) in [5.74, 6) is -0.710. The van der Waals surface area contributed by atoms with Crippen LogP contribution in [0.1, 0.15) is 20.8 Å². The molecule has 0 saturated heterocycles. The zero-order valence-corrected chi connectivity index (χ0v) is 16.4. The first-order chi connectivity index (χ1) is 14.5. The molecule has 3 aromatic rings. The van der Waals surface area contributed by atoms with E-state index >= 15 is 0 Å². The average molecular weight is 414 g/mol. The molecular formula is C20H19FN4O5. The third-order valence-electron chi connectivity index (χ3n) is 4.22. The molecular weight excluding hydrogens is 395 g/mol. The second-order valence-corrected chi connectivity index (χ2v) is 5.94. The van der Waals surface area contributed by atoms with Crippen molar-refractivity contribution in [3.05, 3.63) is 66.0 Å². The molecule has 10 heteroatoms. The van der Waals surface area contributed by atoms with Gasteiger partial charge in [0.1, 0.15) is 17.3 Å². The van der Waals surface area contributed by atoms with Gasteiger partial charge in [-0.1, -0.05) is 0 Å². The van der Waals surface area contributed by atoms with E-state index in [1.807, 2.05) is 0 Å². The number of carbonyl (C=O) groups is 2. The molecule has 0 saturated carbocycles. The summed E-state index contributed by atoms with van der Waals surface area (Å²) < 4.78 is 30.2. The van der Waals surface area contributed by atoms with Gasteiger partial charge in [-0.15, -0.1) is 0 Å². The van der Waals surface area contributed by atoms with Gasteiger partial charge < -0.3 is 14.2 Å². The van der Waals surface area contributed by atoms with E-state index in [9.17, 15) is 14.0 Å². The molecule has 0 unspecified atom stereocenters. The molecule has 156 valence electrons. The van der Waals surface area contributed by atoms with Crippen LogP contribution in [-0.2, 0) is 0 Å². The van der Waals surface area contributed by atoms with Gasteiger partial charge in [-0.25, -0.2) is 9.37 Å². The van der Waals surface area contributed by atoms with Crippen molar-refractivity contribution in [2.45, 2.75) is 0 Å². The lowest BCUT2D eigenvalue weighted by atomic mass is 10.1. The van der Waals surface area contributed by atoms with E-state index < -0.39 is 17.6 Å². The average Bonchev–Trinajstić information content (AvgIpc) is 3.26. The third kappa shape index (κ3) is 4.17. The summed E-state index contributed by atoms with van der Waals surface area (Å²) >= 11 is 0. The van der Waals surface area contributed by atoms with E-state index in [0.29, 0.717) is 17.2 Å². The fraction of sp³-hybridized carbons (Fsp3) is 0.150. The molecule has 9 nitrogen and oxygen atoms in total. The Hall–Kier alpha value is -4.08. The minimum Gasteiger partial charge on any atom is -0.496 e. The summed E-state index contributed by atoms with van der Waals surface area (Å²) in [6.45, 7) is 0. The number of imidazole rings is 1. The van der Waals surface area contributed by atoms with E-state index in [2.05, 4.69) is 15.8 Å². The van der Waals surface area contributed by atoms with Gasteiger partial charge in [0.25, 0.3) is 11.8 Å². The minimum absolute atomic E-state index is 0.127. The van der Waals surface area contributed by atoms with Crippen LogP contribution in [0.25, 0.3) is 5.69 Å². The second-order valence-electron chi connectivity index (χ2n) is 5.94. The van der Waals surface area contributed by atoms with Crippen LogP contribution in [0.4, 0.5) is 4.39 Å². The number of aromatic nitrogens is 2. The van der Waals surface area contributed by atoms with E-state index in [0.717, 1.165) is 0 Å². The van der Waals surface area contributed by atoms with E-state index in [-0.39, 0.29) is 17.0 Å². The first-order valence-electron chi connectivity index (χ1n) is 8.67. The number of benzene rings is 2. The van der Waals surface area contributed by atoms with Crippen molar-refractivity contribution in [3.8, 4) is 22.9 Å². The van der Waals surface area contributed by atoms with E-state index in [4.69, 9.17) is 14.2 Å². The Morgan fingerprint density at radius 2 is 1.50 bits per heavy atom. The Kier molecular flexibility index (Phi) is 6.16. The lowest BCUT2D eigenvalue weighted by molar-refractivity contribution is 0.0841. The van der Waals surface area contributed by atoms with Crippen molar-refractivity contribution in [3.63, 3.8) is 0 Å². The lowest BCUT2D eigenvalue weighted by Crippen LogP contribution is -2.42. The highest BCUT2D eigenvalue weighted by Gasteiger charge is 2.19. The standard InChI is InChI=1S/C20H19FN4O5/c1-28-16-9-18(30-3)17(29-2)8-14(16)19(26)23-24-20(27)15-10-22-11-25(15)13-6-4-12(21)5-7-13/h4-11H,1-3H3,(H,23,26)(H,24,27). The number of halogens is 1. The van der Waals surface area contributed by atoms with Crippen LogP contribution >= 0.6 is 0 Å². The monoisotopic (exact) mass is 414 g/mol. The SMILES string of the molecule is COc1cc(OC)c(C(=O)NNC(=O)c2cncn2-c2ccc(F)cc2)cc1OC. The van der Waals surface area contributed by atoms with Gasteiger partial charge in [0.15, 0.2) is 11.5 Å². The predicted octanol–water partition coefficient (Wildman–Crippen LogP) is 2.11. The van der Waals surface area contributed by atoms with Crippen molar-refractivity contribution in [2.75, 3.05) is 21.3 Å². The molecule has 3 rings (SSSR count). The molecule has 0 fully saturated rings. The fourth-order valence-electron chi connectivity index (χ4n) is 2.72. The maximum absolute atomic E-state index is 13.1. The van der Waals surface area contributed by atoms with Crippen LogP contribution < -0.4 is 25.1 Å². The number of hydrogen-bond acceptors (Lipinski definition) is 6. The number of nitrogens with one attached hydrogen (secondary N) is 2. The topological polar surface area (TPSA) is 104 Å². The summed E-state index contributed by atoms with van der Waals surface area (Å²) in [7, 11) is 4.30. The molecule has 2 N–H and O–H groups in total. The van der Waals surface area contributed by atoms with Crippen LogP contribution in [0, 0.1) is 5.82 Å². The van der Waals surface area contributed by atoms with Crippen molar-refractivity contribution < 1.29 is 28.2 Å². The van der Waals surface area contributed by atoms with Crippen molar-refractivity contribution in [2.24, 2.45) is 0 Å². The number of hydrogen-bond donors (Lipinski definition) is 2. The van der Waals surface area contributed by atoms with Crippen LogP contribution in [0.15, 0.2) is 48.9 Å². The van der Waals surface area contributed by atoms with Crippen LogP contribution in [0.5, 0.6) is 17.2 Å². The number of carbonyl (C=O) groups excluding carboxylic acids is 2. The van der Waals surface area contributed by atoms with E-state index in [1.165, 1.54) is 74.8 Å². The van der Waals surface area contributed by atoms with Crippen LogP contribution in [0.3, 0.4) is 0 Å². The summed E-state index contributed by atoms with van der Waals surface area (Å²) in [6, 6.07) is 8.47.